The molecule has 3 rings (SSSR count). The van der Waals surface area contributed by atoms with Crippen molar-refractivity contribution in [1.82, 2.24) is 9.80 Å². The summed E-state index contributed by atoms with van der Waals surface area (Å²) >= 11 is 1.06. The van der Waals surface area contributed by atoms with Gasteiger partial charge >= 0.3 is 0 Å². The van der Waals surface area contributed by atoms with Crippen molar-refractivity contribution in [2.45, 2.75) is 18.9 Å². The molecule has 2 fully saturated rings. The van der Waals surface area contributed by atoms with Crippen molar-refractivity contribution in [3.05, 3.63) is 29.8 Å². The normalized spacial score (nSPS) is 19.3. The third-order valence-corrected chi connectivity index (χ3v) is 5.05. The molecule has 0 radical (unpaired) electrons. The highest BCUT2D eigenvalue weighted by Gasteiger charge is 2.38. The molecule has 122 valence electrons. The van der Waals surface area contributed by atoms with Crippen molar-refractivity contribution in [3.63, 3.8) is 0 Å². The van der Waals surface area contributed by atoms with Gasteiger partial charge in [0.15, 0.2) is 0 Å². The van der Waals surface area contributed by atoms with Gasteiger partial charge in [0, 0.05) is 24.7 Å². The molecule has 2 heterocycles. The van der Waals surface area contributed by atoms with Crippen molar-refractivity contribution >= 4 is 28.8 Å². The lowest BCUT2D eigenvalue weighted by molar-refractivity contribution is -0.126. The Morgan fingerprint density at radius 2 is 2.00 bits per heavy atom. The summed E-state index contributed by atoms with van der Waals surface area (Å²) < 4.78 is 5.15. The Morgan fingerprint density at radius 1 is 1.26 bits per heavy atom. The number of likely N-dealkylation sites (tertiary alicyclic amines) is 1. The van der Waals surface area contributed by atoms with Gasteiger partial charge in [0.2, 0.25) is 5.91 Å². The second kappa shape index (κ2) is 6.62. The Balaban J connectivity index is 1.63. The molecule has 0 atom stereocenters. The van der Waals surface area contributed by atoms with Crippen LogP contribution in [0.5, 0.6) is 5.75 Å². The van der Waals surface area contributed by atoms with Gasteiger partial charge in [0.05, 0.1) is 12.9 Å². The highest BCUT2D eigenvalue weighted by molar-refractivity contribution is 8.14. The molecule has 1 aromatic rings. The molecule has 6 nitrogen and oxygen atoms in total. The van der Waals surface area contributed by atoms with Gasteiger partial charge in [-0.05, 0) is 31.0 Å². The average molecular weight is 334 g/mol. The maximum atomic E-state index is 12.5. The van der Waals surface area contributed by atoms with Gasteiger partial charge in [0.1, 0.15) is 5.75 Å². The largest absolute Gasteiger partial charge is 0.497 e. The van der Waals surface area contributed by atoms with E-state index in [-0.39, 0.29) is 28.8 Å². The van der Waals surface area contributed by atoms with Crippen LogP contribution in [0, 0.1) is 0 Å². The summed E-state index contributed by atoms with van der Waals surface area (Å²) in [4.78, 5) is 39.2. The molecular formula is C16H18N2O4S. The molecule has 2 aliphatic rings. The van der Waals surface area contributed by atoms with E-state index >= 15 is 0 Å². The first-order valence-corrected chi connectivity index (χ1v) is 8.51. The van der Waals surface area contributed by atoms with Gasteiger partial charge in [-0.2, -0.15) is 0 Å². The van der Waals surface area contributed by atoms with Gasteiger partial charge in [0.25, 0.3) is 11.1 Å². The molecule has 0 unspecified atom stereocenters. The summed E-state index contributed by atoms with van der Waals surface area (Å²) in [6.07, 6.45) is 1.27. The number of carbonyl (C=O) groups excluding carboxylic acids is 3. The molecule has 0 aromatic heterocycles. The minimum atomic E-state index is -0.160. The number of benzene rings is 1. The fourth-order valence-electron chi connectivity index (χ4n) is 2.98. The standard InChI is InChI=1S/C16H18N2O4S/c1-22-13-4-2-3-11(9-13)15(20)17-7-5-12(6-8-17)18-14(19)10-23-16(18)21/h2-4,9,12H,5-8,10H2,1H3. The Bertz CT molecular complexity index is 625. The predicted molar refractivity (Wildman–Crippen MR) is 86.6 cm³/mol. The first-order chi connectivity index (χ1) is 11.1. The number of amides is 3. The third-order valence-electron chi connectivity index (χ3n) is 4.22. The van der Waals surface area contributed by atoms with Gasteiger partial charge in [-0.15, -0.1) is 0 Å². The van der Waals surface area contributed by atoms with E-state index in [2.05, 4.69) is 0 Å². The molecule has 2 saturated heterocycles. The van der Waals surface area contributed by atoms with E-state index in [0.29, 0.717) is 37.2 Å². The minimum absolute atomic E-state index is 0.0456. The second-order valence-corrected chi connectivity index (χ2v) is 6.50. The van der Waals surface area contributed by atoms with E-state index in [9.17, 15) is 14.4 Å². The Kier molecular flexibility index (Phi) is 4.56. The molecule has 0 bridgehead atoms. The molecule has 0 saturated carbocycles. The molecule has 2 aliphatic heterocycles. The zero-order valence-electron chi connectivity index (χ0n) is 12.9. The Morgan fingerprint density at radius 3 is 2.61 bits per heavy atom. The van der Waals surface area contributed by atoms with Crippen LogP contribution >= 0.6 is 11.8 Å². The Hall–Kier alpha value is -2.02. The molecule has 0 N–H and O–H groups in total. The highest BCUT2D eigenvalue weighted by atomic mass is 32.2. The zero-order chi connectivity index (χ0) is 16.4. The summed E-state index contributed by atoms with van der Waals surface area (Å²) in [5.41, 5.74) is 0.590. The van der Waals surface area contributed by atoms with Gasteiger partial charge in [-0.1, -0.05) is 17.8 Å². The highest BCUT2D eigenvalue weighted by Crippen LogP contribution is 2.27. The summed E-state index contributed by atoms with van der Waals surface area (Å²) in [6.45, 7) is 1.09. The molecule has 0 spiro atoms. The van der Waals surface area contributed by atoms with Crippen LogP contribution in [0.1, 0.15) is 23.2 Å². The quantitative estimate of drug-likeness (QED) is 0.846. The van der Waals surface area contributed by atoms with E-state index in [4.69, 9.17) is 4.74 Å². The van der Waals surface area contributed by atoms with Crippen molar-refractivity contribution in [1.29, 1.82) is 0 Å². The molecule has 0 aliphatic carbocycles. The van der Waals surface area contributed by atoms with Gasteiger partial charge < -0.3 is 9.64 Å². The van der Waals surface area contributed by atoms with Gasteiger partial charge in [-0.25, -0.2) is 0 Å². The van der Waals surface area contributed by atoms with Crippen molar-refractivity contribution in [2.24, 2.45) is 0 Å². The summed E-state index contributed by atoms with van der Waals surface area (Å²) in [5, 5.41) is -0.160. The van der Waals surface area contributed by atoms with E-state index in [1.54, 1.807) is 36.3 Å². The van der Waals surface area contributed by atoms with E-state index in [1.165, 1.54) is 4.90 Å². The van der Waals surface area contributed by atoms with Crippen LogP contribution in [0.3, 0.4) is 0 Å². The predicted octanol–water partition coefficient (Wildman–Crippen LogP) is 2.00. The molecule has 23 heavy (non-hydrogen) atoms. The smallest absolute Gasteiger partial charge is 0.289 e. The fraction of sp³-hybridized carbons (Fsp3) is 0.438. The lowest BCUT2D eigenvalue weighted by atomic mass is 10.0. The fourth-order valence-corrected chi connectivity index (χ4v) is 3.76. The number of carbonyl (C=O) groups is 3. The molecule has 1 aromatic carbocycles. The number of methoxy groups -OCH3 is 1. The van der Waals surface area contributed by atoms with Crippen molar-refractivity contribution in [3.8, 4) is 5.75 Å². The van der Waals surface area contributed by atoms with Crippen LogP contribution in [-0.2, 0) is 4.79 Å². The summed E-state index contributed by atoms with van der Waals surface area (Å²) in [7, 11) is 1.57. The maximum absolute atomic E-state index is 12.5. The molecule has 7 heteroatoms. The molecular weight excluding hydrogens is 316 g/mol. The number of ether oxygens (including phenoxy) is 1. The minimum Gasteiger partial charge on any atom is -0.497 e. The lowest BCUT2D eigenvalue weighted by Crippen LogP contribution is -2.48. The lowest BCUT2D eigenvalue weighted by Gasteiger charge is -2.35. The second-order valence-electron chi connectivity index (χ2n) is 5.57. The van der Waals surface area contributed by atoms with Crippen LogP contribution in [0.15, 0.2) is 24.3 Å². The third kappa shape index (κ3) is 3.19. The average Bonchev–Trinajstić information content (AvgIpc) is 2.93. The van der Waals surface area contributed by atoms with E-state index < -0.39 is 0 Å². The number of imide groups is 1. The number of hydrogen-bond acceptors (Lipinski definition) is 5. The van der Waals surface area contributed by atoms with Crippen LogP contribution in [0.4, 0.5) is 4.79 Å². The van der Waals surface area contributed by atoms with Crippen molar-refractivity contribution in [2.75, 3.05) is 26.0 Å². The summed E-state index contributed by atoms with van der Waals surface area (Å²) in [6, 6.07) is 6.99. The van der Waals surface area contributed by atoms with Crippen LogP contribution in [0.25, 0.3) is 0 Å². The maximum Gasteiger partial charge on any atom is 0.289 e. The molecule has 3 amide bonds. The van der Waals surface area contributed by atoms with Gasteiger partial charge in [-0.3, -0.25) is 19.3 Å². The van der Waals surface area contributed by atoms with Crippen LogP contribution in [-0.4, -0.2) is 58.8 Å². The number of nitrogens with zero attached hydrogens (tertiary/aromatic N) is 2. The zero-order valence-corrected chi connectivity index (χ0v) is 13.7. The number of rotatable bonds is 3. The van der Waals surface area contributed by atoms with Crippen LogP contribution < -0.4 is 4.74 Å². The van der Waals surface area contributed by atoms with E-state index in [1.807, 2.05) is 0 Å². The van der Waals surface area contributed by atoms with E-state index in [0.717, 1.165) is 11.8 Å². The van der Waals surface area contributed by atoms with Crippen molar-refractivity contribution < 1.29 is 19.1 Å². The topological polar surface area (TPSA) is 66.9 Å². The number of hydrogen-bond donors (Lipinski definition) is 0. The summed E-state index contributed by atoms with van der Waals surface area (Å²) in [5.74, 6) is 0.728. The monoisotopic (exact) mass is 334 g/mol. The first-order valence-electron chi connectivity index (χ1n) is 7.52. The van der Waals surface area contributed by atoms with Crippen LogP contribution in [0.2, 0.25) is 0 Å². The number of thioether (sulfide) groups is 1. The SMILES string of the molecule is COc1cccc(C(=O)N2CCC(N3C(=O)CSC3=O)CC2)c1. The first kappa shape index (κ1) is 15.9. The number of piperidine rings is 1. The Labute approximate surface area is 138 Å².